The van der Waals surface area contributed by atoms with Crippen molar-refractivity contribution in [2.24, 2.45) is 0 Å². The van der Waals surface area contributed by atoms with E-state index in [1.54, 1.807) is 18.2 Å². The number of halogens is 2. The maximum absolute atomic E-state index is 9.09. The first-order valence-electron chi connectivity index (χ1n) is 5.45. The van der Waals surface area contributed by atoms with E-state index in [1.165, 1.54) is 11.8 Å². The summed E-state index contributed by atoms with van der Waals surface area (Å²) in [5, 5.41) is 10.1. The van der Waals surface area contributed by atoms with Crippen LogP contribution in [0.2, 0.25) is 10.0 Å². The largest absolute Gasteiger partial charge is 0.398 e. The molecule has 0 aliphatic rings. The molecule has 0 aliphatic carbocycles. The maximum Gasteiger partial charge on any atom is 0.102 e. The summed E-state index contributed by atoms with van der Waals surface area (Å²) < 4.78 is 0. The first-order chi connectivity index (χ1) is 9.02. The summed E-state index contributed by atoms with van der Waals surface area (Å²) in [6, 6.07) is 11.2. The van der Waals surface area contributed by atoms with Crippen LogP contribution in [0.4, 0.5) is 5.69 Å². The van der Waals surface area contributed by atoms with E-state index in [1.807, 2.05) is 19.1 Å². The SMILES string of the molecule is Cc1c(Sc2ccc(Cl)c(Cl)c2)ccc(N)c1C#N. The second-order valence-corrected chi connectivity index (χ2v) is 5.87. The van der Waals surface area contributed by atoms with Crippen LogP contribution in [0.3, 0.4) is 0 Å². The summed E-state index contributed by atoms with van der Waals surface area (Å²) in [5.74, 6) is 0. The van der Waals surface area contributed by atoms with Crippen molar-refractivity contribution in [1.29, 1.82) is 5.26 Å². The van der Waals surface area contributed by atoms with Crippen LogP contribution in [0.1, 0.15) is 11.1 Å². The van der Waals surface area contributed by atoms with Gasteiger partial charge in [0.1, 0.15) is 6.07 Å². The van der Waals surface area contributed by atoms with E-state index in [9.17, 15) is 0 Å². The Hall–Kier alpha value is -1.34. The molecule has 5 heteroatoms. The summed E-state index contributed by atoms with van der Waals surface area (Å²) in [6.45, 7) is 1.88. The van der Waals surface area contributed by atoms with Gasteiger partial charge in [-0.15, -0.1) is 0 Å². The molecule has 0 unspecified atom stereocenters. The Bertz CT molecular complexity index is 678. The monoisotopic (exact) mass is 308 g/mol. The number of hydrogen-bond acceptors (Lipinski definition) is 3. The first kappa shape index (κ1) is 14.1. The smallest absolute Gasteiger partial charge is 0.102 e. The Labute approximate surface area is 126 Å². The molecule has 2 aromatic carbocycles. The summed E-state index contributed by atoms with van der Waals surface area (Å²) in [4.78, 5) is 1.94. The third-order valence-electron chi connectivity index (χ3n) is 2.68. The molecule has 2 aromatic rings. The minimum absolute atomic E-state index is 0.499. The molecule has 2 N–H and O–H groups in total. The van der Waals surface area contributed by atoms with Crippen molar-refractivity contribution in [1.82, 2.24) is 0 Å². The predicted molar refractivity (Wildman–Crippen MR) is 80.9 cm³/mol. The summed E-state index contributed by atoms with van der Waals surface area (Å²) in [6.07, 6.45) is 0. The van der Waals surface area contributed by atoms with Gasteiger partial charge in [-0.2, -0.15) is 5.26 Å². The van der Waals surface area contributed by atoms with Gasteiger partial charge in [0, 0.05) is 15.5 Å². The van der Waals surface area contributed by atoms with Gasteiger partial charge in [-0.05, 0) is 42.8 Å². The second kappa shape index (κ2) is 5.75. The van der Waals surface area contributed by atoms with Crippen LogP contribution in [0.5, 0.6) is 0 Å². The summed E-state index contributed by atoms with van der Waals surface area (Å²) >= 11 is 13.4. The van der Waals surface area contributed by atoms with Gasteiger partial charge in [-0.3, -0.25) is 0 Å². The van der Waals surface area contributed by atoms with Gasteiger partial charge in [0.25, 0.3) is 0 Å². The number of hydrogen-bond donors (Lipinski definition) is 1. The molecule has 0 saturated carbocycles. The van der Waals surface area contributed by atoms with Crippen molar-refractivity contribution in [2.75, 3.05) is 5.73 Å². The quantitative estimate of drug-likeness (QED) is 0.802. The van der Waals surface area contributed by atoms with Crippen molar-refractivity contribution < 1.29 is 0 Å². The van der Waals surface area contributed by atoms with Crippen LogP contribution in [0.15, 0.2) is 40.1 Å². The fourth-order valence-electron chi connectivity index (χ4n) is 1.64. The van der Waals surface area contributed by atoms with E-state index in [2.05, 4.69) is 6.07 Å². The van der Waals surface area contributed by atoms with E-state index in [0.29, 0.717) is 21.3 Å². The van der Waals surface area contributed by atoms with E-state index in [4.69, 9.17) is 34.2 Å². The Kier molecular flexibility index (Phi) is 4.26. The molecule has 0 fully saturated rings. The van der Waals surface area contributed by atoms with Crippen LogP contribution in [-0.4, -0.2) is 0 Å². The van der Waals surface area contributed by atoms with Crippen LogP contribution >= 0.6 is 35.0 Å². The molecule has 0 spiro atoms. The number of nitrogen functional groups attached to an aromatic ring is 1. The average molecular weight is 309 g/mol. The number of anilines is 1. The molecule has 19 heavy (non-hydrogen) atoms. The first-order valence-corrected chi connectivity index (χ1v) is 7.02. The average Bonchev–Trinajstić information content (AvgIpc) is 2.38. The Morgan fingerprint density at radius 1 is 1.16 bits per heavy atom. The number of nitrogens with zero attached hydrogens (tertiary/aromatic N) is 1. The van der Waals surface area contributed by atoms with Gasteiger partial charge < -0.3 is 5.73 Å². The minimum atomic E-state index is 0.499. The van der Waals surface area contributed by atoms with Crippen LogP contribution in [0.25, 0.3) is 0 Å². The van der Waals surface area contributed by atoms with Crippen molar-refractivity contribution in [3.05, 3.63) is 51.5 Å². The topological polar surface area (TPSA) is 49.8 Å². The molecular weight excluding hydrogens is 299 g/mol. The molecule has 96 valence electrons. The van der Waals surface area contributed by atoms with Crippen molar-refractivity contribution in [3.8, 4) is 6.07 Å². The third kappa shape index (κ3) is 2.98. The van der Waals surface area contributed by atoms with Crippen LogP contribution < -0.4 is 5.73 Å². The lowest BCUT2D eigenvalue weighted by Gasteiger charge is -2.09. The normalized spacial score (nSPS) is 10.2. The van der Waals surface area contributed by atoms with Gasteiger partial charge in [-0.25, -0.2) is 0 Å². The second-order valence-electron chi connectivity index (χ2n) is 3.94. The van der Waals surface area contributed by atoms with Crippen LogP contribution in [-0.2, 0) is 0 Å². The third-order valence-corrected chi connectivity index (χ3v) is 4.57. The lowest BCUT2D eigenvalue weighted by atomic mass is 10.1. The predicted octanol–water partition coefficient (Wildman–Crippen LogP) is 4.91. The fraction of sp³-hybridized carbons (Fsp3) is 0.0714. The molecule has 0 saturated heterocycles. The molecule has 0 aliphatic heterocycles. The standard InChI is InChI=1S/C14H10Cl2N2S/c1-8-10(7-17)13(18)4-5-14(8)19-9-2-3-11(15)12(16)6-9/h2-6H,18H2,1H3. The van der Waals surface area contributed by atoms with Crippen LogP contribution in [0, 0.1) is 18.3 Å². The molecule has 0 atom stereocenters. The van der Waals surface area contributed by atoms with E-state index < -0.39 is 0 Å². The number of nitrogens with two attached hydrogens (primary N) is 1. The van der Waals surface area contributed by atoms with Crippen molar-refractivity contribution in [2.45, 2.75) is 16.7 Å². The molecular formula is C14H10Cl2N2S. The highest BCUT2D eigenvalue weighted by atomic mass is 35.5. The zero-order chi connectivity index (χ0) is 14.0. The molecule has 0 heterocycles. The summed E-state index contributed by atoms with van der Waals surface area (Å²) in [7, 11) is 0. The number of benzene rings is 2. The van der Waals surface area contributed by atoms with Crippen molar-refractivity contribution >= 4 is 40.7 Å². The van der Waals surface area contributed by atoms with E-state index >= 15 is 0 Å². The Morgan fingerprint density at radius 2 is 1.89 bits per heavy atom. The lowest BCUT2D eigenvalue weighted by molar-refractivity contribution is 1.26. The van der Waals surface area contributed by atoms with Gasteiger partial charge in [0.15, 0.2) is 0 Å². The minimum Gasteiger partial charge on any atom is -0.398 e. The van der Waals surface area contributed by atoms with Crippen molar-refractivity contribution in [3.63, 3.8) is 0 Å². The molecule has 2 rings (SSSR count). The highest BCUT2D eigenvalue weighted by Crippen LogP contribution is 2.36. The molecule has 2 nitrogen and oxygen atoms in total. The lowest BCUT2D eigenvalue weighted by Crippen LogP contribution is -1.94. The molecule has 0 radical (unpaired) electrons. The Balaban J connectivity index is 2.39. The summed E-state index contributed by atoms with van der Waals surface area (Å²) in [5.41, 5.74) is 7.66. The molecule has 0 bridgehead atoms. The fourth-order valence-corrected chi connectivity index (χ4v) is 2.96. The van der Waals surface area contributed by atoms with Gasteiger partial charge in [0.05, 0.1) is 15.6 Å². The van der Waals surface area contributed by atoms with E-state index in [-0.39, 0.29) is 0 Å². The highest BCUT2D eigenvalue weighted by Gasteiger charge is 2.09. The zero-order valence-corrected chi connectivity index (χ0v) is 12.4. The van der Waals surface area contributed by atoms with E-state index in [0.717, 1.165) is 15.4 Å². The highest BCUT2D eigenvalue weighted by molar-refractivity contribution is 7.99. The van der Waals surface area contributed by atoms with Gasteiger partial charge >= 0.3 is 0 Å². The van der Waals surface area contributed by atoms with Gasteiger partial charge in [0.2, 0.25) is 0 Å². The maximum atomic E-state index is 9.09. The number of rotatable bonds is 2. The number of nitriles is 1. The van der Waals surface area contributed by atoms with Gasteiger partial charge in [-0.1, -0.05) is 35.0 Å². The Morgan fingerprint density at radius 3 is 2.53 bits per heavy atom. The zero-order valence-electron chi connectivity index (χ0n) is 10.1. The molecule has 0 amide bonds. The molecule has 0 aromatic heterocycles.